The molecule has 33 heavy (non-hydrogen) atoms. The number of pyridine rings is 2. The summed E-state index contributed by atoms with van der Waals surface area (Å²) in [7, 11) is 0. The van der Waals surface area contributed by atoms with Gasteiger partial charge < -0.3 is 20.1 Å². The molecular formula is C24H22FN5O3. The molecule has 0 spiro atoms. The number of aromatic nitrogens is 2. The molecule has 2 aliphatic rings. The zero-order valence-electron chi connectivity index (χ0n) is 17.7. The predicted octanol–water partition coefficient (Wildman–Crippen LogP) is 3.29. The first kappa shape index (κ1) is 20.9. The summed E-state index contributed by atoms with van der Waals surface area (Å²) in [6, 6.07) is 12.1. The lowest BCUT2D eigenvalue weighted by molar-refractivity contribution is 0.102. The Bertz CT molecular complexity index is 1260. The number of rotatable bonds is 3. The lowest BCUT2D eigenvalue weighted by Crippen LogP contribution is -2.50. The molecule has 2 aliphatic heterocycles. The minimum atomic E-state index is -0.366. The summed E-state index contributed by atoms with van der Waals surface area (Å²) in [5, 5.41) is 5.51. The van der Waals surface area contributed by atoms with Crippen molar-refractivity contribution in [3.63, 3.8) is 0 Å². The third kappa shape index (κ3) is 4.21. The Kier molecular flexibility index (Phi) is 5.37. The SMILES string of the molecule is O=C(Nc1ccc2n(c1=O)C[C@H]1C[C@@H]2CN(C(=O)Nc2ccc(F)cc2)C1)c1ccncc1. The number of benzene rings is 1. The fourth-order valence-electron chi connectivity index (χ4n) is 4.64. The molecule has 9 heteroatoms. The number of halogens is 1. The van der Waals surface area contributed by atoms with Crippen LogP contribution in [0.15, 0.2) is 65.7 Å². The number of nitrogens with zero attached hydrogens (tertiary/aromatic N) is 3. The van der Waals surface area contributed by atoms with E-state index in [0.29, 0.717) is 30.9 Å². The fourth-order valence-corrected chi connectivity index (χ4v) is 4.64. The molecule has 1 aromatic carbocycles. The van der Waals surface area contributed by atoms with Gasteiger partial charge in [-0.1, -0.05) is 0 Å². The second kappa shape index (κ2) is 8.50. The van der Waals surface area contributed by atoms with E-state index in [4.69, 9.17) is 0 Å². The molecule has 3 amide bonds. The van der Waals surface area contributed by atoms with Gasteiger partial charge in [0.1, 0.15) is 11.5 Å². The Hall–Kier alpha value is -4.01. The van der Waals surface area contributed by atoms with Crippen LogP contribution in [0, 0.1) is 11.7 Å². The van der Waals surface area contributed by atoms with Gasteiger partial charge in [-0.15, -0.1) is 0 Å². The van der Waals surface area contributed by atoms with Crippen molar-refractivity contribution < 1.29 is 14.0 Å². The Morgan fingerprint density at radius 3 is 2.45 bits per heavy atom. The molecule has 0 unspecified atom stereocenters. The lowest BCUT2D eigenvalue weighted by Gasteiger charge is -2.42. The maximum Gasteiger partial charge on any atom is 0.321 e. The first-order chi connectivity index (χ1) is 16.0. The van der Waals surface area contributed by atoms with Crippen LogP contribution in [0.25, 0.3) is 0 Å². The highest BCUT2D eigenvalue weighted by Gasteiger charge is 2.36. The fraction of sp³-hybridized carbons (Fsp3) is 0.250. The summed E-state index contributed by atoms with van der Waals surface area (Å²) in [6.45, 7) is 1.47. The monoisotopic (exact) mass is 447 g/mol. The maximum atomic E-state index is 13.1. The number of anilines is 2. The number of piperidine rings is 1. The molecule has 2 bridgehead atoms. The molecule has 0 saturated carbocycles. The summed E-state index contributed by atoms with van der Waals surface area (Å²) in [5.41, 5.74) is 1.80. The van der Waals surface area contributed by atoms with Crippen molar-refractivity contribution in [2.45, 2.75) is 18.9 Å². The van der Waals surface area contributed by atoms with Crippen LogP contribution >= 0.6 is 0 Å². The van der Waals surface area contributed by atoms with Gasteiger partial charge in [0.05, 0.1) is 0 Å². The van der Waals surface area contributed by atoms with Crippen molar-refractivity contribution in [2.75, 3.05) is 23.7 Å². The van der Waals surface area contributed by atoms with E-state index in [0.717, 1.165) is 12.1 Å². The zero-order valence-corrected chi connectivity index (χ0v) is 17.7. The van der Waals surface area contributed by atoms with Gasteiger partial charge in [-0.3, -0.25) is 14.6 Å². The Morgan fingerprint density at radius 2 is 1.70 bits per heavy atom. The Morgan fingerprint density at radius 1 is 0.939 bits per heavy atom. The highest BCUT2D eigenvalue weighted by molar-refractivity contribution is 6.04. The van der Waals surface area contributed by atoms with Crippen molar-refractivity contribution in [2.24, 2.45) is 5.92 Å². The van der Waals surface area contributed by atoms with Gasteiger partial charge in [0.25, 0.3) is 11.5 Å². The average molecular weight is 447 g/mol. The molecule has 2 aromatic heterocycles. The summed E-state index contributed by atoms with van der Waals surface area (Å²) in [5.74, 6) is -0.582. The third-order valence-corrected chi connectivity index (χ3v) is 6.18. The average Bonchev–Trinajstić information content (AvgIpc) is 2.83. The van der Waals surface area contributed by atoms with E-state index in [1.54, 1.807) is 27.7 Å². The largest absolute Gasteiger partial charge is 0.324 e. The first-order valence-corrected chi connectivity index (χ1v) is 10.7. The number of carbonyl (C=O) groups is 2. The van der Waals surface area contributed by atoms with E-state index in [1.807, 2.05) is 6.07 Å². The highest BCUT2D eigenvalue weighted by atomic mass is 19.1. The molecule has 0 aliphatic carbocycles. The quantitative estimate of drug-likeness (QED) is 0.644. The normalized spacial score (nSPS) is 18.9. The van der Waals surface area contributed by atoms with Gasteiger partial charge in [0, 0.05) is 54.9 Å². The smallest absolute Gasteiger partial charge is 0.321 e. The molecule has 4 heterocycles. The molecule has 1 saturated heterocycles. The van der Waals surface area contributed by atoms with Crippen molar-refractivity contribution in [3.8, 4) is 0 Å². The minimum Gasteiger partial charge on any atom is -0.324 e. The van der Waals surface area contributed by atoms with Crippen molar-refractivity contribution >= 4 is 23.3 Å². The summed E-state index contributed by atoms with van der Waals surface area (Å²) in [6.07, 6.45) is 3.93. The van der Waals surface area contributed by atoms with Crippen molar-refractivity contribution in [1.29, 1.82) is 0 Å². The molecule has 5 rings (SSSR count). The highest BCUT2D eigenvalue weighted by Crippen LogP contribution is 2.35. The molecule has 2 N–H and O–H groups in total. The molecule has 168 valence electrons. The molecule has 8 nitrogen and oxygen atoms in total. The van der Waals surface area contributed by atoms with Gasteiger partial charge in [0.15, 0.2) is 0 Å². The van der Waals surface area contributed by atoms with Crippen molar-refractivity contribution in [3.05, 3.63) is 88.4 Å². The zero-order chi connectivity index (χ0) is 22.9. The molecule has 0 radical (unpaired) electrons. The lowest BCUT2D eigenvalue weighted by atomic mass is 9.83. The number of hydrogen-bond donors (Lipinski definition) is 2. The number of urea groups is 1. The second-order valence-corrected chi connectivity index (χ2v) is 8.42. The van der Waals surface area contributed by atoms with Crippen molar-refractivity contribution in [1.82, 2.24) is 14.5 Å². The van der Waals surface area contributed by atoms with Gasteiger partial charge in [-0.2, -0.15) is 0 Å². The number of nitrogens with one attached hydrogen (secondary N) is 2. The third-order valence-electron chi connectivity index (χ3n) is 6.18. The second-order valence-electron chi connectivity index (χ2n) is 8.42. The number of hydrogen-bond acceptors (Lipinski definition) is 4. The molecular weight excluding hydrogens is 425 g/mol. The minimum absolute atomic E-state index is 0.0223. The first-order valence-electron chi connectivity index (χ1n) is 10.7. The van der Waals surface area contributed by atoms with Crippen LogP contribution in [-0.2, 0) is 6.54 Å². The number of carbonyl (C=O) groups excluding carboxylic acids is 2. The number of fused-ring (bicyclic) bond motifs is 4. The van der Waals surface area contributed by atoms with E-state index in [2.05, 4.69) is 15.6 Å². The van der Waals surface area contributed by atoms with Gasteiger partial charge in [-0.25, -0.2) is 9.18 Å². The predicted molar refractivity (Wildman–Crippen MR) is 121 cm³/mol. The summed E-state index contributed by atoms with van der Waals surface area (Å²) >= 11 is 0. The van der Waals surface area contributed by atoms with Crippen LogP contribution in [0.5, 0.6) is 0 Å². The number of likely N-dealkylation sites (tertiary alicyclic amines) is 1. The number of amides is 3. The van der Waals surface area contributed by atoms with Gasteiger partial charge in [-0.05, 0) is 60.9 Å². The Labute approximate surface area is 189 Å². The van der Waals surface area contributed by atoms with Gasteiger partial charge >= 0.3 is 6.03 Å². The van der Waals surface area contributed by atoms with Crippen LogP contribution in [0.3, 0.4) is 0 Å². The Balaban J connectivity index is 1.32. The maximum absolute atomic E-state index is 13.1. The van der Waals surface area contributed by atoms with Crippen LogP contribution in [0.1, 0.15) is 28.4 Å². The van der Waals surface area contributed by atoms with Crippen LogP contribution < -0.4 is 16.2 Å². The van der Waals surface area contributed by atoms with E-state index in [9.17, 15) is 18.8 Å². The topological polar surface area (TPSA) is 96.3 Å². The van der Waals surface area contributed by atoms with Gasteiger partial charge in [0.2, 0.25) is 0 Å². The van der Waals surface area contributed by atoms with Crippen LogP contribution in [0.2, 0.25) is 0 Å². The van der Waals surface area contributed by atoms with Crippen LogP contribution in [-0.4, -0.2) is 39.5 Å². The van der Waals surface area contributed by atoms with E-state index < -0.39 is 0 Å². The summed E-state index contributed by atoms with van der Waals surface area (Å²) in [4.78, 5) is 44.0. The molecule has 1 fully saturated rings. The molecule has 2 atom stereocenters. The molecule has 3 aromatic rings. The summed E-state index contributed by atoms with van der Waals surface area (Å²) < 4.78 is 14.8. The standard InChI is InChI=1S/C24H22FN5O3/c25-18-1-3-19(4-2-18)27-24(33)29-12-15-11-17(14-29)21-6-5-20(23(32)30(21)13-15)28-22(31)16-7-9-26-10-8-16/h1-10,15,17H,11-14H2,(H,27,33)(H,28,31)/t15-,17+/m0/s1. The van der Waals surface area contributed by atoms with Crippen LogP contribution in [0.4, 0.5) is 20.6 Å². The van der Waals surface area contributed by atoms with E-state index in [-0.39, 0.29) is 40.8 Å². The van der Waals surface area contributed by atoms with E-state index in [1.165, 1.54) is 36.7 Å². The van der Waals surface area contributed by atoms with E-state index >= 15 is 0 Å².